The average Bonchev–Trinajstić information content (AvgIpc) is 3.16. The molecule has 1 saturated heterocycles. The number of anilines is 1. The molecular weight excluding hydrogens is 372 g/mol. The van der Waals surface area contributed by atoms with Crippen molar-refractivity contribution in [2.45, 2.75) is 6.92 Å². The zero-order chi connectivity index (χ0) is 19.5. The van der Waals surface area contributed by atoms with Gasteiger partial charge >= 0.3 is 0 Å². The minimum atomic E-state index is 0.0738. The molecule has 0 spiro atoms. The van der Waals surface area contributed by atoms with Gasteiger partial charge in [0, 0.05) is 49.8 Å². The van der Waals surface area contributed by atoms with Gasteiger partial charge in [0.05, 0.1) is 12.8 Å². The maximum atomic E-state index is 13.0. The van der Waals surface area contributed by atoms with Crippen molar-refractivity contribution >= 4 is 22.9 Å². The van der Waals surface area contributed by atoms with Crippen molar-refractivity contribution in [2.24, 2.45) is 0 Å². The minimum absolute atomic E-state index is 0.0738. The van der Waals surface area contributed by atoms with Crippen LogP contribution < -0.4 is 9.64 Å². The third kappa shape index (κ3) is 3.71. The van der Waals surface area contributed by atoms with Crippen LogP contribution in [0.5, 0.6) is 5.75 Å². The third-order valence-corrected chi connectivity index (χ3v) is 6.12. The number of amides is 1. The molecule has 1 fully saturated rings. The molecule has 0 saturated carbocycles. The molecule has 28 heavy (non-hydrogen) atoms. The molecule has 1 aliphatic rings. The Balaban J connectivity index is 1.43. The van der Waals surface area contributed by atoms with Crippen LogP contribution in [0.4, 0.5) is 5.69 Å². The molecule has 1 amide bonds. The average molecular weight is 395 g/mol. The Labute approximate surface area is 168 Å². The van der Waals surface area contributed by atoms with Crippen LogP contribution in [0.3, 0.4) is 0 Å². The second-order valence-electron chi connectivity index (χ2n) is 6.65. The Hall–Kier alpha value is -2.93. The number of aromatic nitrogens is 2. The summed E-state index contributed by atoms with van der Waals surface area (Å²) in [4.78, 5) is 26.6. The molecule has 1 aliphatic heterocycles. The normalized spacial score (nSPS) is 14.2. The predicted octanol–water partition coefficient (Wildman–Crippen LogP) is 3.48. The summed E-state index contributed by atoms with van der Waals surface area (Å²) >= 11 is 1.46. The lowest BCUT2D eigenvalue weighted by atomic mass is 10.2. The summed E-state index contributed by atoms with van der Waals surface area (Å²) in [5.41, 5.74) is 2.94. The van der Waals surface area contributed by atoms with E-state index in [9.17, 15) is 4.79 Å². The Morgan fingerprint density at radius 3 is 2.36 bits per heavy atom. The molecule has 0 N–H and O–H groups in total. The molecule has 0 atom stereocenters. The van der Waals surface area contributed by atoms with E-state index in [2.05, 4.69) is 27.0 Å². The van der Waals surface area contributed by atoms with E-state index in [4.69, 9.17) is 4.74 Å². The van der Waals surface area contributed by atoms with Crippen LogP contribution in [0.25, 0.3) is 10.6 Å². The van der Waals surface area contributed by atoms with E-state index in [1.807, 2.05) is 36.1 Å². The van der Waals surface area contributed by atoms with E-state index >= 15 is 0 Å². The van der Waals surface area contributed by atoms with Crippen LogP contribution in [0.15, 0.2) is 48.8 Å². The van der Waals surface area contributed by atoms with Crippen LogP contribution in [0.2, 0.25) is 0 Å². The summed E-state index contributed by atoms with van der Waals surface area (Å²) in [6.07, 6.45) is 3.48. The number of aryl methyl sites for hydroxylation is 1. The molecular formula is C21H22N4O2S. The van der Waals surface area contributed by atoms with Crippen molar-refractivity contribution in [1.82, 2.24) is 14.9 Å². The van der Waals surface area contributed by atoms with E-state index in [1.54, 1.807) is 19.5 Å². The molecule has 6 nitrogen and oxygen atoms in total. The molecule has 7 heteroatoms. The van der Waals surface area contributed by atoms with Gasteiger partial charge in [0.2, 0.25) is 0 Å². The van der Waals surface area contributed by atoms with Gasteiger partial charge < -0.3 is 14.5 Å². The summed E-state index contributed by atoms with van der Waals surface area (Å²) in [5.74, 6) is 0.924. The van der Waals surface area contributed by atoms with Crippen molar-refractivity contribution in [3.05, 3.63) is 59.4 Å². The number of piperazine rings is 1. The predicted molar refractivity (Wildman–Crippen MR) is 111 cm³/mol. The van der Waals surface area contributed by atoms with Crippen molar-refractivity contribution < 1.29 is 9.53 Å². The van der Waals surface area contributed by atoms with E-state index in [0.717, 1.165) is 45.7 Å². The highest BCUT2D eigenvalue weighted by atomic mass is 32.1. The highest BCUT2D eigenvalue weighted by Gasteiger charge is 2.25. The Kier molecular flexibility index (Phi) is 5.25. The van der Waals surface area contributed by atoms with Gasteiger partial charge in [-0.25, -0.2) is 4.98 Å². The summed E-state index contributed by atoms with van der Waals surface area (Å²) in [7, 11) is 1.67. The maximum absolute atomic E-state index is 13.0. The van der Waals surface area contributed by atoms with Crippen LogP contribution in [-0.2, 0) is 0 Å². The molecule has 1 aromatic carbocycles. The van der Waals surface area contributed by atoms with Gasteiger partial charge in [-0.15, -0.1) is 11.3 Å². The number of thiazole rings is 1. The van der Waals surface area contributed by atoms with Crippen molar-refractivity contribution in [3.8, 4) is 16.3 Å². The molecule has 144 valence electrons. The molecule has 3 aromatic rings. The second kappa shape index (κ2) is 7.98. The van der Waals surface area contributed by atoms with Crippen molar-refractivity contribution in [2.75, 3.05) is 38.2 Å². The van der Waals surface area contributed by atoms with Crippen molar-refractivity contribution in [3.63, 3.8) is 0 Å². The topological polar surface area (TPSA) is 58.6 Å². The second-order valence-corrected chi connectivity index (χ2v) is 7.65. The van der Waals surface area contributed by atoms with E-state index < -0.39 is 0 Å². The van der Waals surface area contributed by atoms with E-state index in [1.165, 1.54) is 11.3 Å². The molecule has 3 heterocycles. The number of carbonyl (C=O) groups is 1. The number of hydrogen-bond donors (Lipinski definition) is 0. The smallest absolute Gasteiger partial charge is 0.265 e. The zero-order valence-corrected chi connectivity index (χ0v) is 16.8. The van der Waals surface area contributed by atoms with Crippen LogP contribution >= 0.6 is 11.3 Å². The highest BCUT2D eigenvalue weighted by Crippen LogP contribution is 2.29. The van der Waals surface area contributed by atoms with E-state index in [0.29, 0.717) is 13.1 Å². The lowest BCUT2D eigenvalue weighted by Crippen LogP contribution is -2.48. The standard InChI is InChI=1S/C21H22N4O2S/c1-15-19(28-20(23-15)16-7-9-22-10-8-16)21(26)25-13-11-24(12-14-25)17-3-5-18(27-2)6-4-17/h3-10H,11-14H2,1-2H3. The SMILES string of the molecule is COc1ccc(N2CCN(C(=O)c3sc(-c4ccncc4)nc3C)CC2)cc1. The first kappa shape index (κ1) is 18.4. The first-order valence-electron chi connectivity index (χ1n) is 9.22. The third-order valence-electron chi connectivity index (χ3n) is 4.92. The highest BCUT2D eigenvalue weighted by molar-refractivity contribution is 7.17. The van der Waals surface area contributed by atoms with Gasteiger partial charge in [-0.3, -0.25) is 9.78 Å². The lowest BCUT2D eigenvalue weighted by molar-refractivity contribution is 0.0750. The Morgan fingerprint density at radius 1 is 1.04 bits per heavy atom. The summed E-state index contributed by atoms with van der Waals surface area (Å²) in [5, 5.41) is 0.861. The number of carbonyl (C=O) groups excluding carboxylic acids is 1. The van der Waals surface area contributed by atoms with E-state index in [-0.39, 0.29) is 5.91 Å². The quantitative estimate of drug-likeness (QED) is 0.678. The fourth-order valence-corrected chi connectivity index (χ4v) is 4.36. The summed E-state index contributed by atoms with van der Waals surface area (Å²) < 4.78 is 5.22. The number of benzene rings is 1. The fourth-order valence-electron chi connectivity index (χ4n) is 3.32. The molecule has 4 rings (SSSR count). The van der Waals surface area contributed by atoms with Gasteiger partial charge in [-0.05, 0) is 43.3 Å². The van der Waals surface area contributed by atoms with Gasteiger partial charge in [0.25, 0.3) is 5.91 Å². The summed E-state index contributed by atoms with van der Waals surface area (Å²) in [6.45, 7) is 4.93. The lowest BCUT2D eigenvalue weighted by Gasteiger charge is -2.36. The Bertz CT molecular complexity index is 948. The first-order chi connectivity index (χ1) is 13.7. The Morgan fingerprint density at radius 2 is 1.71 bits per heavy atom. The van der Waals surface area contributed by atoms with Gasteiger partial charge in [0.15, 0.2) is 0 Å². The zero-order valence-electron chi connectivity index (χ0n) is 16.0. The van der Waals surface area contributed by atoms with Gasteiger partial charge in [0.1, 0.15) is 15.6 Å². The van der Waals surface area contributed by atoms with Crippen molar-refractivity contribution in [1.29, 1.82) is 0 Å². The number of hydrogen-bond acceptors (Lipinski definition) is 6. The minimum Gasteiger partial charge on any atom is -0.497 e. The first-order valence-corrected chi connectivity index (χ1v) is 10.0. The number of methoxy groups -OCH3 is 1. The van der Waals surface area contributed by atoms with Gasteiger partial charge in [-0.1, -0.05) is 0 Å². The molecule has 0 bridgehead atoms. The summed E-state index contributed by atoms with van der Waals surface area (Å²) in [6, 6.07) is 11.9. The van der Waals surface area contributed by atoms with Crippen LogP contribution in [-0.4, -0.2) is 54.1 Å². The molecule has 2 aromatic heterocycles. The number of rotatable bonds is 4. The number of pyridine rings is 1. The van der Waals surface area contributed by atoms with Gasteiger partial charge in [-0.2, -0.15) is 0 Å². The number of nitrogens with zero attached hydrogens (tertiary/aromatic N) is 4. The molecule has 0 radical (unpaired) electrons. The van der Waals surface area contributed by atoms with Crippen LogP contribution in [0.1, 0.15) is 15.4 Å². The molecule has 0 unspecified atom stereocenters. The monoisotopic (exact) mass is 394 g/mol. The molecule has 0 aliphatic carbocycles. The number of ether oxygens (including phenoxy) is 1. The van der Waals surface area contributed by atoms with Crippen LogP contribution in [0, 0.1) is 6.92 Å². The largest absolute Gasteiger partial charge is 0.497 e. The fraction of sp³-hybridized carbons (Fsp3) is 0.286. The maximum Gasteiger partial charge on any atom is 0.265 e.